The molecule has 0 saturated heterocycles. The van der Waals surface area contributed by atoms with Gasteiger partial charge in [0.05, 0.1) is 23.1 Å². The summed E-state index contributed by atoms with van der Waals surface area (Å²) in [5.41, 5.74) is 0.252. The smallest absolute Gasteiger partial charge is 0.417 e. The number of methoxy groups -OCH3 is 1. The number of aryl methyl sites for hydroxylation is 1. The average Bonchev–Trinajstić information content (AvgIpc) is 2.82. The van der Waals surface area contributed by atoms with Crippen molar-refractivity contribution >= 4 is 16.0 Å². The van der Waals surface area contributed by atoms with E-state index in [-0.39, 0.29) is 0 Å². The predicted octanol–water partition coefficient (Wildman–Crippen LogP) is 5.17. The third-order valence-electron chi connectivity index (χ3n) is 5.78. The van der Waals surface area contributed by atoms with Crippen molar-refractivity contribution in [2.75, 3.05) is 13.7 Å². The van der Waals surface area contributed by atoms with E-state index in [9.17, 15) is 26.4 Å². The van der Waals surface area contributed by atoms with Crippen LogP contribution in [0.1, 0.15) is 30.5 Å². The summed E-state index contributed by atoms with van der Waals surface area (Å²) in [7, 11) is -3.73. The van der Waals surface area contributed by atoms with Crippen LogP contribution in [0, 0.1) is 6.92 Å². The van der Waals surface area contributed by atoms with Crippen LogP contribution < -0.4 is 0 Å². The van der Waals surface area contributed by atoms with E-state index in [1.807, 2.05) is 19.1 Å². The molecular weight excluding hydrogens is 481 g/mol. The molecule has 0 bridgehead atoms. The molecule has 10 heteroatoms. The molecular formula is C25H25F3N2O4S. The Balaban J connectivity index is 2.20. The molecule has 6 nitrogen and oxygen atoms in total. The van der Waals surface area contributed by atoms with Gasteiger partial charge in [-0.2, -0.15) is 17.5 Å². The molecule has 0 unspecified atom stereocenters. The van der Waals surface area contributed by atoms with Gasteiger partial charge in [-0.15, -0.1) is 0 Å². The number of nitrogens with zero attached hydrogens (tertiary/aromatic N) is 2. The molecule has 0 amide bonds. The Labute approximate surface area is 202 Å². The highest BCUT2D eigenvalue weighted by atomic mass is 32.2. The van der Waals surface area contributed by atoms with Gasteiger partial charge in [0, 0.05) is 12.4 Å². The maximum absolute atomic E-state index is 13.7. The van der Waals surface area contributed by atoms with E-state index in [1.54, 1.807) is 30.6 Å². The second kappa shape index (κ2) is 9.79. The van der Waals surface area contributed by atoms with Crippen LogP contribution in [0.3, 0.4) is 0 Å². The molecule has 3 rings (SSSR count). The van der Waals surface area contributed by atoms with Crippen molar-refractivity contribution in [3.05, 3.63) is 83.7 Å². The molecule has 0 radical (unpaired) electrons. The zero-order valence-electron chi connectivity index (χ0n) is 19.6. The first-order chi connectivity index (χ1) is 16.3. The maximum atomic E-state index is 13.7. The lowest BCUT2D eigenvalue weighted by Crippen LogP contribution is -2.48. The second-order valence-corrected chi connectivity index (χ2v) is 10.2. The number of benzene rings is 2. The number of halogens is 3. The van der Waals surface area contributed by atoms with Crippen molar-refractivity contribution in [1.82, 2.24) is 9.29 Å². The van der Waals surface area contributed by atoms with Gasteiger partial charge in [0.2, 0.25) is 10.0 Å². The highest BCUT2D eigenvalue weighted by molar-refractivity contribution is 7.89. The summed E-state index contributed by atoms with van der Waals surface area (Å²) in [6.07, 6.45) is -1.60. The van der Waals surface area contributed by atoms with E-state index >= 15 is 0 Å². The van der Waals surface area contributed by atoms with Crippen molar-refractivity contribution < 1.29 is 31.1 Å². The Morgan fingerprint density at radius 2 is 1.74 bits per heavy atom. The molecule has 0 fully saturated rings. The zero-order valence-corrected chi connectivity index (χ0v) is 20.4. The van der Waals surface area contributed by atoms with Crippen LogP contribution in [0.2, 0.25) is 0 Å². The van der Waals surface area contributed by atoms with Gasteiger partial charge in [0.1, 0.15) is 6.54 Å². The first-order valence-electron chi connectivity index (χ1n) is 10.6. The van der Waals surface area contributed by atoms with Gasteiger partial charge in [-0.05, 0) is 67.3 Å². The standard InChI is InChI=1S/C25H25F3N2O4S/c1-17-15-29-13-12-20(17)18-8-7-9-19(14-18)24(2,3)30(16-23(31)34-4)35(32,33)22-11-6-5-10-21(22)25(26,27)28/h5-15H,16H2,1-4H3. The van der Waals surface area contributed by atoms with E-state index < -0.39 is 44.7 Å². The molecule has 0 N–H and O–H groups in total. The van der Waals surface area contributed by atoms with Crippen molar-refractivity contribution in [3.8, 4) is 11.1 Å². The van der Waals surface area contributed by atoms with E-state index in [2.05, 4.69) is 9.72 Å². The largest absolute Gasteiger partial charge is 0.468 e. The fourth-order valence-electron chi connectivity index (χ4n) is 3.82. The molecule has 0 aliphatic rings. The number of hydrogen-bond donors (Lipinski definition) is 0. The highest BCUT2D eigenvalue weighted by Crippen LogP contribution is 2.39. The Kier molecular flexibility index (Phi) is 7.37. The minimum Gasteiger partial charge on any atom is -0.468 e. The molecule has 1 heterocycles. The van der Waals surface area contributed by atoms with Gasteiger partial charge in [0.15, 0.2) is 0 Å². The van der Waals surface area contributed by atoms with Crippen LogP contribution in [0.5, 0.6) is 0 Å². The topological polar surface area (TPSA) is 76.6 Å². The normalized spacial score (nSPS) is 12.6. The summed E-state index contributed by atoms with van der Waals surface area (Å²) in [5, 5.41) is 0. The third-order valence-corrected chi connectivity index (χ3v) is 7.86. The van der Waals surface area contributed by atoms with Gasteiger partial charge < -0.3 is 4.74 Å². The Hall–Kier alpha value is -3.24. The molecule has 0 aliphatic heterocycles. The molecule has 35 heavy (non-hydrogen) atoms. The fourth-order valence-corrected chi connectivity index (χ4v) is 5.75. The summed E-state index contributed by atoms with van der Waals surface area (Å²) in [5.74, 6) is -0.910. The monoisotopic (exact) mass is 506 g/mol. The van der Waals surface area contributed by atoms with Gasteiger partial charge in [-0.1, -0.05) is 30.3 Å². The molecule has 0 atom stereocenters. The van der Waals surface area contributed by atoms with Crippen molar-refractivity contribution in [2.45, 2.75) is 37.4 Å². The molecule has 3 aromatic rings. The summed E-state index contributed by atoms with van der Waals surface area (Å²) in [6.45, 7) is 4.16. The third kappa shape index (κ3) is 5.38. The lowest BCUT2D eigenvalue weighted by atomic mass is 9.90. The first-order valence-corrected chi connectivity index (χ1v) is 12.0. The summed E-state index contributed by atoms with van der Waals surface area (Å²) in [6, 6.07) is 12.7. The number of carbonyl (C=O) groups is 1. The minimum atomic E-state index is -4.91. The maximum Gasteiger partial charge on any atom is 0.417 e. The van der Waals surface area contributed by atoms with Crippen molar-refractivity contribution in [2.24, 2.45) is 0 Å². The number of ether oxygens (including phenoxy) is 1. The number of sulfonamides is 1. The minimum absolute atomic E-state index is 0.475. The van der Waals surface area contributed by atoms with E-state index in [0.717, 1.165) is 40.2 Å². The molecule has 2 aromatic carbocycles. The SMILES string of the molecule is COC(=O)CN(C(C)(C)c1cccc(-c2ccncc2C)c1)S(=O)(=O)c1ccccc1C(F)(F)F. The second-order valence-electron chi connectivity index (χ2n) is 8.41. The number of hydrogen-bond acceptors (Lipinski definition) is 5. The van der Waals surface area contributed by atoms with Gasteiger partial charge in [-0.3, -0.25) is 9.78 Å². The highest BCUT2D eigenvalue weighted by Gasteiger charge is 2.44. The van der Waals surface area contributed by atoms with Gasteiger partial charge >= 0.3 is 12.1 Å². The van der Waals surface area contributed by atoms with E-state index in [0.29, 0.717) is 11.6 Å². The predicted molar refractivity (Wildman–Crippen MR) is 125 cm³/mol. The van der Waals surface area contributed by atoms with Crippen molar-refractivity contribution in [3.63, 3.8) is 0 Å². The summed E-state index contributed by atoms with van der Waals surface area (Å²) in [4.78, 5) is 15.4. The van der Waals surface area contributed by atoms with Crippen LogP contribution in [0.25, 0.3) is 11.1 Å². The van der Waals surface area contributed by atoms with Gasteiger partial charge in [-0.25, -0.2) is 8.42 Å². The fraction of sp³-hybridized carbons (Fsp3) is 0.280. The van der Waals surface area contributed by atoms with Crippen LogP contribution in [0.15, 0.2) is 71.9 Å². The molecule has 0 aliphatic carbocycles. The Morgan fingerprint density at radius 1 is 1.06 bits per heavy atom. The zero-order chi connectivity index (χ0) is 26.0. The quantitative estimate of drug-likeness (QED) is 0.413. The number of carbonyl (C=O) groups excluding carboxylic acids is 1. The van der Waals surface area contributed by atoms with Crippen LogP contribution in [-0.4, -0.2) is 37.3 Å². The number of pyridine rings is 1. The number of rotatable bonds is 7. The summed E-state index contributed by atoms with van der Waals surface area (Å²) >= 11 is 0. The Morgan fingerprint density at radius 3 is 2.37 bits per heavy atom. The van der Waals surface area contributed by atoms with E-state index in [1.165, 1.54) is 19.9 Å². The Bertz CT molecular complexity index is 1340. The number of alkyl halides is 3. The lowest BCUT2D eigenvalue weighted by Gasteiger charge is -2.38. The van der Waals surface area contributed by atoms with Crippen LogP contribution >= 0.6 is 0 Å². The lowest BCUT2D eigenvalue weighted by molar-refractivity contribution is -0.141. The van der Waals surface area contributed by atoms with Gasteiger partial charge in [0.25, 0.3) is 0 Å². The van der Waals surface area contributed by atoms with Crippen molar-refractivity contribution in [1.29, 1.82) is 0 Å². The van der Waals surface area contributed by atoms with Crippen LogP contribution in [-0.2, 0) is 31.3 Å². The summed E-state index contributed by atoms with van der Waals surface area (Å²) < 4.78 is 73.9. The number of esters is 1. The van der Waals surface area contributed by atoms with Crippen LogP contribution in [0.4, 0.5) is 13.2 Å². The molecule has 1 aromatic heterocycles. The molecule has 186 valence electrons. The molecule has 0 spiro atoms. The average molecular weight is 507 g/mol. The molecule has 0 saturated carbocycles. The first kappa shape index (κ1) is 26.4. The number of aromatic nitrogens is 1. The van der Waals surface area contributed by atoms with E-state index in [4.69, 9.17) is 0 Å².